The highest BCUT2D eigenvalue weighted by atomic mass is 16.3. The van der Waals surface area contributed by atoms with E-state index in [-0.39, 0.29) is 17.3 Å². The quantitative estimate of drug-likeness (QED) is 0.303. The van der Waals surface area contributed by atoms with Crippen LogP contribution < -0.4 is 0 Å². The van der Waals surface area contributed by atoms with Gasteiger partial charge in [-0.05, 0) is 102 Å². The van der Waals surface area contributed by atoms with Crippen LogP contribution in [0.3, 0.4) is 0 Å². The van der Waals surface area contributed by atoms with Crippen molar-refractivity contribution < 1.29 is 8.83 Å². The molecule has 0 N–H and O–H groups in total. The Hall–Kier alpha value is -3.52. The molecule has 2 aromatic heterocycles. The van der Waals surface area contributed by atoms with Gasteiger partial charge in [0, 0.05) is 23.0 Å². The van der Waals surface area contributed by atoms with E-state index in [1.807, 2.05) is 12.5 Å². The van der Waals surface area contributed by atoms with Gasteiger partial charge in [0.2, 0.25) is 0 Å². The predicted molar refractivity (Wildman–Crippen MR) is 144 cm³/mol. The molecule has 0 bridgehead atoms. The SMILES string of the molecule is Cc1coc(C2=Cc3cccc(C)c3C2C(C)(C)C2C(c3cc(C)co3)=Cc3cccc(C)c32)c1. The van der Waals surface area contributed by atoms with Crippen LogP contribution in [0.2, 0.25) is 0 Å². The van der Waals surface area contributed by atoms with Crippen molar-refractivity contribution in [2.45, 2.75) is 53.4 Å². The molecule has 0 amide bonds. The van der Waals surface area contributed by atoms with Crippen LogP contribution in [0.4, 0.5) is 0 Å². The number of fused-ring (bicyclic) bond motifs is 2. The summed E-state index contributed by atoms with van der Waals surface area (Å²) < 4.78 is 12.2. The van der Waals surface area contributed by atoms with Crippen molar-refractivity contribution in [3.63, 3.8) is 0 Å². The smallest absolute Gasteiger partial charge is 0.130 e. The Balaban J connectivity index is 1.58. The topological polar surface area (TPSA) is 26.3 Å². The van der Waals surface area contributed by atoms with E-state index in [4.69, 9.17) is 8.83 Å². The van der Waals surface area contributed by atoms with E-state index in [1.165, 1.54) is 44.5 Å². The summed E-state index contributed by atoms with van der Waals surface area (Å²) in [5.41, 5.74) is 12.8. The first kappa shape index (κ1) is 22.0. The molecule has 4 aromatic rings. The summed E-state index contributed by atoms with van der Waals surface area (Å²) in [4.78, 5) is 0. The number of benzene rings is 2. The number of furan rings is 2. The summed E-state index contributed by atoms with van der Waals surface area (Å²) in [6, 6.07) is 17.7. The molecular formula is C33H32O2. The van der Waals surface area contributed by atoms with E-state index in [9.17, 15) is 0 Å². The second-order valence-electron chi connectivity index (χ2n) is 11.0. The highest BCUT2D eigenvalue weighted by Gasteiger charge is 2.49. The maximum Gasteiger partial charge on any atom is 0.130 e. The van der Waals surface area contributed by atoms with Crippen molar-refractivity contribution in [3.8, 4) is 0 Å². The molecule has 0 spiro atoms. The third kappa shape index (κ3) is 3.31. The summed E-state index contributed by atoms with van der Waals surface area (Å²) >= 11 is 0. The maximum atomic E-state index is 6.11. The molecule has 0 aliphatic heterocycles. The second kappa shape index (κ2) is 7.75. The lowest BCUT2D eigenvalue weighted by Gasteiger charge is -2.42. The Labute approximate surface area is 208 Å². The Morgan fingerprint density at radius 2 is 1.06 bits per heavy atom. The fourth-order valence-electron chi connectivity index (χ4n) is 6.56. The largest absolute Gasteiger partial charge is 0.464 e. The van der Waals surface area contributed by atoms with Gasteiger partial charge in [0.05, 0.1) is 12.5 Å². The number of rotatable bonds is 4. The molecule has 2 unspecified atom stereocenters. The van der Waals surface area contributed by atoms with E-state index in [0.717, 1.165) is 22.6 Å². The van der Waals surface area contributed by atoms with E-state index < -0.39 is 0 Å². The lowest BCUT2D eigenvalue weighted by molar-refractivity contribution is 0.298. The van der Waals surface area contributed by atoms with Crippen LogP contribution in [-0.4, -0.2) is 0 Å². The third-order valence-corrected chi connectivity index (χ3v) is 8.06. The Morgan fingerprint density at radius 1 is 0.629 bits per heavy atom. The molecule has 2 heterocycles. The van der Waals surface area contributed by atoms with Gasteiger partial charge in [0.1, 0.15) is 11.5 Å². The van der Waals surface area contributed by atoms with Crippen molar-refractivity contribution in [2.24, 2.45) is 5.41 Å². The highest BCUT2D eigenvalue weighted by molar-refractivity contribution is 5.95. The first-order valence-corrected chi connectivity index (χ1v) is 12.5. The predicted octanol–water partition coefficient (Wildman–Crippen LogP) is 9.11. The first-order valence-electron chi connectivity index (χ1n) is 12.5. The summed E-state index contributed by atoms with van der Waals surface area (Å²) in [6.45, 7) is 13.5. The number of hydrogen-bond donors (Lipinski definition) is 0. The van der Waals surface area contributed by atoms with Crippen LogP contribution in [0.25, 0.3) is 23.3 Å². The highest BCUT2D eigenvalue weighted by Crippen LogP contribution is 2.62. The van der Waals surface area contributed by atoms with Crippen molar-refractivity contribution >= 4 is 23.3 Å². The van der Waals surface area contributed by atoms with Crippen LogP contribution in [0.5, 0.6) is 0 Å². The van der Waals surface area contributed by atoms with E-state index in [0.29, 0.717) is 0 Å². The summed E-state index contributed by atoms with van der Waals surface area (Å²) in [5, 5.41) is 0. The Morgan fingerprint density at radius 3 is 1.43 bits per heavy atom. The van der Waals surface area contributed by atoms with Crippen molar-refractivity contribution in [1.29, 1.82) is 0 Å². The average molecular weight is 461 g/mol. The van der Waals surface area contributed by atoms with Crippen molar-refractivity contribution in [3.05, 3.63) is 117 Å². The molecule has 0 saturated carbocycles. The molecule has 2 atom stereocenters. The van der Waals surface area contributed by atoms with Crippen LogP contribution in [0.15, 0.2) is 69.9 Å². The fraction of sp³-hybridized carbons (Fsp3) is 0.273. The van der Waals surface area contributed by atoms with Crippen LogP contribution in [0.1, 0.15) is 81.7 Å². The van der Waals surface area contributed by atoms with E-state index in [1.54, 1.807) is 0 Å². The Bertz CT molecular complexity index is 1400. The second-order valence-corrected chi connectivity index (χ2v) is 11.0. The third-order valence-electron chi connectivity index (χ3n) is 8.06. The molecule has 0 saturated heterocycles. The van der Waals surface area contributed by atoms with Gasteiger partial charge in [-0.1, -0.05) is 50.2 Å². The molecule has 2 aliphatic rings. The van der Waals surface area contributed by atoms with Gasteiger partial charge in [-0.2, -0.15) is 0 Å². The fourth-order valence-corrected chi connectivity index (χ4v) is 6.56. The lowest BCUT2D eigenvalue weighted by atomic mass is 9.61. The van der Waals surface area contributed by atoms with Crippen LogP contribution in [-0.2, 0) is 0 Å². The molecule has 0 radical (unpaired) electrons. The van der Waals surface area contributed by atoms with Crippen molar-refractivity contribution in [1.82, 2.24) is 0 Å². The van der Waals surface area contributed by atoms with Gasteiger partial charge in [-0.3, -0.25) is 0 Å². The van der Waals surface area contributed by atoms with Crippen LogP contribution in [0, 0.1) is 33.1 Å². The molecule has 2 aromatic carbocycles. The zero-order valence-corrected chi connectivity index (χ0v) is 21.4. The van der Waals surface area contributed by atoms with Crippen molar-refractivity contribution in [2.75, 3.05) is 0 Å². The molecule has 2 aliphatic carbocycles. The first-order chi connectivity index (χ1) is 16.8. The molecule has 2 nitrogen and oxygen atoms in total. The monoisotopic (exact) mass is 460 g/mol. The minimum Gasteiger partial charge on any atom is -0.464 e. The van der Waals surface area contributed by atoms with Gasteiger partial charge in [0.25, 0.3) is 0 Å². The van der Waals surface area contributed by atoms with Gasteiger partial charge < -0.3 is 8.83 Å². The molecule has 176 valence electrons. The average Bonchev–Trinajstić information content (AvgIpc) is 3.57. The standard InChI is InChI=1S/C33H32O2/c1-19-13-27(34-17-19)25-15-23-11-7-9-21(3)29(23)31(25)33(5,6)32-26(28-14-20(2)18-35-28)16-24-12-8-10-22(4)30(24)32/h7-18,31-32H,1-6H3. The lowest BCUT2D eigenvalue weighted by Crippen LogP contribution is -2.30. The molecule has 2 heteroatoms. The molecular weight excluding hydrogens is 428 g/mol. The number of allylic oxidation sites excluding steroid dienone is 2. The summed E-state index contributed by atoms with van der Waals surface area (Å²) in [5.74, 6) is 2.30. The van der Waals surface area contributed by atoms with Crippen LogP contribution >= 0.6 is 0 Å². The molecule has 6 rings (SSSR count). The van der Waals surface area contributed by atoms with Gasteiger partial charge in [0.15, 0.2) is 0 Å². The Kier molecular flexibility index (Phi) is 4.86. The maximum absolute atomic E-state index is 6.11. The molecule has 0 fully saturated rings. The zero-order valence-electron chi connectivity index (χ0n) is 21.4. The van der Waals surface area contributed by atoms with E-state index in [2.05, 4.69) is 102 Å². The summed E-state index contributed by atoms with van der Waals surface area (Å²) in [7, 11) is 0. The minimum absolute atomic E-state index is 0.159. The van der Waals surface area contributed by atoms with Gasteiger partial charge in [-0.25, -0.2) is 0 Å². The normalized spacial score (nSPS) is 18.9. The van der Waals surface area contributed by atoms with E-state index >= 15 is 0 Å². The summed E-state index contributed by atoms with van der Waals surface area (Å²) in [6.07, 6.45) is 8.42. The molecule has 35 heavy (non-hydrogen) atoms. The minimum atomic E-state index is -0.159. The van der Waals surface area contributed by atoms with Gasteiger partial charge in [-0.15, -0.1) is 0 Å². The van der Waals surface area contributed by atoms with Gasteiger partial charge >= 0.3 is 0 Å². The zero-order chi connectivity index (χ0) is 24.5. The number of aryl methyl sites for hydroxylation is 4. The number of hydrogen-bond acceptors (Lipinski definition) is 2.